The van der Waals surface area contributed by atoms with E-state index in [1.54, 1.807) is 6.20 Å². The third kappa shape index (κ3) is 3.89. The summed E-state index contributed by atoms with van der Waals surface area (Å²) >= 11 is 0. The second-order valence-corrected chi connectivity index (χ2v) is 6.94. The van der Waals surface area contributed by atoms with Gasteiger partial charge in [0.15, 0.2) is 0 Å². The van der Waals surface area contributed by atoms with Crippen LogP contribution in [0.2, 0.25) is 0 Å². The van der Waals surface area contributed by atoms with E-state index in [1.165, 1.54) is 0 Å². The number of hydrogen-bond acceptors (Lipinski definition) is 4. The summed E-state index contributed by atoms with van der Waals surface area (Å²) in [6.07, 6.45) is 6.86. The Kier molecular flexibility index (Phi) is 5.35. The number of nitrogens with zero attached hydrogens (tertiary/aromatic N) is 2. The number of hydrogen-bond donors (Lipinski definition) is 3. The number of aromatic nitrogens is 3. The molecule has 1 unspecified atom stereocenters. The highest BCUT2D eigenvalue weighted by atomic mass is 16.3. The molecule has 142 valence electrons. The molecule has 3 N–H and O–H groups in total. The van der Waals surface area contributed by atoms with Crippen molar-refractivity contribution in [3.63, 3.8) is 0 Å². The van der Waals surface area contributed by atoms with Gasteiger partial charge < -0.3 is 15.4 Å². The van der Waals surface area contributed by atoms with Crippen LogP contribution < -0.4 is 5.32 Å². The van der Waals surface area contributed by atoms with Crippen molar-refractivity contribution in [2.75, 3.05) is 5.32 Å². The van der Waals surface area contributed by atoms with Crippen molar-refractivity contribution < 1.29 is 5.11 Å². The summed E-state index contributed by atoms with van der Waals surface area (Å²) in [7, 11) is 0. The molecule has 3 aromatic heterocycles. The van der Waals surface area contributed by atoms with Crippen LogP contribution in [0.15, 0.2) is 67.1 Å². The number of nitrogens with one attached hydrogen (secondary N) is 2. The number of aliphatic hydroxyl groups is 1. The van der Waals surface area contributed by atoms with E-state index in [0.29, 0.717) is 6.54 Å². The van der Waals surface area contributed by atoms with Gasteiger partial charge in [-0.2, -0.15) is 0 Å². The van der Waals surface area contributed by atoms with Gasteiger partial charge in [-0.1, -0.05) is 43.7 Å². The standard InChI is InChI=1S/C23H24N4O/c1-2-4-21(28)18-8-6-17(7-9-18)20-13-22(27-23-19(20)10-12-25-23)26-15-16-5-3-11-24-14-16/h3,5-14,21,28H,2,4,15H2,1H3,(H2,25,26,27). The molecule has 1 aromatic carbocycles. The zero-order valence-electron chi connectivity index (χ0n) is 15.9. The minimum absolute atomic E-state index is 0.402. The fourth-order valence-corrected chi connectivity index (χ4v) is 3.39. The zero-order valence-corrected chi connectivity index (χ0v) is 15.9. The van der Waals surface area contributed by atoms with Gasteiger partial charge >= 0.3 is 0 Å². The van der Waals surface area contributed by atoms with Crippen molar-refractivity contribution in [2.45, 2.75) is 32.4 Å². The number of pyridine rings is 2. The second kappa shape index (κ2) is 8.23. The monoisotopic (exact) mass is 372 g/mol. The van der Waals surface area contributed by atoms with Crippen LogP contribution in [0.4, 0.5) is 5.82 Å². The molecule has 0 radical (unpaired) electrons. The fourth-order valence-electron chi connectivity index (χ4n) is 3.39. The van der Waals surface area contributed by atoms with Gasteiger partial charge in [0.05, 0.1) is 6.10 Å². The Morgan fingerprint density at radius 2 is 2.00 bits per heavy atom. The van der Waals surface area contributed by atoms with Crippen molar-refractivity contribution in [3.8, 4) is 11.1 Å². The van der Waals surface area contributed by atoms with Crippen LogP contribution in [0.3, 0.4) is 0 Å². The van der Waals surface area contributed by atoms with E-state index in [-0.39, 0.29) is 0 Å². The van der Waals surface area contributed by atoms with Gasteiger partial charge in [0.2, 0.25) is 0 Å². The Morgan fingerprint density at radius 3 is 2.75 bits per heavy atom. The van der Waals surface area contributed by atoms with Gasteiger partial charge in [-0.15, -0.1) is 0 Å². The maximum atomic E-state index is 10.2. The first-order valence-electron chi connectivity index (χ1n) is 9.64. The predicted molar refractivity (Wildman–Crippen MR) is 113 cm³/mol. The van der Waals surface area contributed by atoms with E-state index >= 15 is 0 Å². The Bertz CT molecular complexity index is 1040. The lowest BCUT2D eigenvalue weighted by molar-refractivity contribution is 0.166. The molecule has 0 saturated carbocycles. The van der Waals surface area contributed by atoms with Crippen molar-refractivity contribution in [3.05, 3.63) is 78.2 Å². The van der Waals surface area contributed by atoms with E-state index in [2.05, 4.69) is 45.4 Å². The molecule has 0 fully saturated rings. The minimum Gasteiger partial charge on any atom is -0.388 e. The lowest BCUT2D eigenvalue weighted by Crippen LogP contribution is -2.02. The van der Waals surface area contributed by atoms with Crippen molar-refractivity contribution >= 4 is 16.9 Å². The summed E-state index contributed by atoms with van der Waals surface area (Å²) in [4.78, 5) is 12.0. The van der Waals surface area contributed by atoms with Crippen molar-refractivity contribution in [1.29, 1.82) is 0 Å². The van der Waals surface area contributed by atoms with Gasteiger partial charge in [0.1, 0.15) is 11.5 Å². The van der Waals surface area contributed by atoms with Crippen molar-refractivity contribution in [1.82, 2.24) is 15.0 Å². The summed E-state index contributed by atoms with van der Waals surface area (Å²) in [5.74, 6) is 0.809. The largest absolute Gasteiger partial charge is 0.388 e. The summed E-state index contributed by atoms with van der Waals surface area (Å²) in [6.45, 7) is 2.74. The van der Waals surface area contributed by atoms with Gasteiger partial charge in [-0.25, -0.2) is 4.98 Å². The molecular formula is C23H24N4O. The Morgan fingerprint density at radius 1 is 1.14 bits per heavy atom. The highest BCUT2D eigenvalue weighted by Crippen LogP contribution is 2.31. The zero-order chi connectivity index (χ0) is 19.3. The van der Waals surface area contributed by atoms with Gasteiger partial charge in [0, 0.05) is 30.5 Å². The smallest absolute Gasteiger partial charge is 0.140 e. The summed E-state index contributed by atoms with van der Waals surface area (Å²) in [5, 5.41) is 14.7. The summed E-state index contributed by atoms with van der Waals surface area (Å²) in [5.41, 5.74) is 5.12. The number of benzene rings is 1. The molecular weight excluding hydrogens is 348 g/mol. The highest BCUT2D eigenvalue weighted by Gasteiger charge is 2.11. The lowest BCUT2D eigenvalue weighted by atomic mass is 9.99. The van der Waals surface area contributed by atoms with E-state index in [1.807, 2.05) is 42.7 Å². The summed E-state index contributed by atoms with van der Waals surface area (Å²) < 4.78 is 0. The number of aliphatic hydroxyl groups excluding tert-OH is 1. The Hall–Kier alpha value is -3.18. The molecule has 4 aromatic rings. The first-order chi connectivity index (χ1) is 13.7. The normalized spacial score (nSPS) is 12.2. The average Bonchev–Trinajstić information content (AvgIpc) is 3.21. The molecule has 3 heterocycles. The SMILES string of the molecule is CCCC(O)c1ccc(-c2cc(NCc3cccnc3)nc3[nH]ccc23)cc1. The number of fused-ring (bicyclic) bond motifs is 1. The second-order valence-electron chi connectivity index (χ2n) is 6.94. The van der Waals surface area contributed by atoms with E-state index in [4.69, 9.17) is 0 Å². The van der Waals surface area contributed by atoms with E-state index in [9.17, 15) is 5.11 Å². The molecule has 1 atom stereocenters. The topological polar surface area (TPSA) is 73.8 Å². The molecule has 28 heavy (non-hydrogen) atoms. The van der Waals surface area contributed by atoms with Crippen LogP contribution in [-0.4, -0.2) is 20.1 Å². The number of H-pyrrole nitrogens is 1. The third-order valence-electron chi connectivity index (χ3n) is 4.89. The minimum atomic E-state index is -0.402. The first-order valence-corrected chi connectivity index (χ1v) is 9.64. The highest BCUT2D eigenvalue weighted by molar-refractivity contribution is 5.94. The van der Waals surface area contributed by atoms with Gasteiger partial charge in [-0.05, 0) is 46.9 Å². The fraction of sp³-hybridized carbons (Fsp3) is 0.217. The van der Waals surface area contributed by atoms with Gasteiger partial charge in [-0.3, -0.25) is 4.98 Å². The average molecular weight is 372 g/mol. The van der Waals surface area contributed by atoms with Crippen LogP contribution >= 0.6 is 0 Å². The molecule has 0 bridgehead atoms. The number of anilines is 1. The molecule has 0 aliphatic heterocycles. The summed E-state index contributed by atoms with van der Waals surface area (Å²) in [6, 6.07) is 16.2. The molecule has 0 aliphatic carbocycles. The van der Waals surface area contributed by atoms with Crippen LogP contribution in [0.25, 0.3) is 22.2 Å². The van der Waals surface area contributed by atoms with Crippen molar-refractivity contribution in [2.24, 2.45) is 0 Å². The molecule has 0 spiro atoms. The molecule has 5 nitrogen and oxygen atoms in total. The molecule has 4 rings (SSSR count). The van der Waals surface area contributed by atoms with Crippen LogP contribution in [0.5, 0.6) is 0 Å². The Balaban J connectivity index is 1.63. The predicted octanol–water partition coefficient (Wildman–Crippen LogP) is 5.07. The molecule has 5 heteroatoms. The first kappa shape index (κ1) is 18.2. The Labute approximate surface area is 164 Å². The number of rotatable bonds is 7. The molecule has 0 aliphatic rings. The van der Waals surface area contributed by atoms with Crippen LogP contribution in [0.1, 0.15) is 37.0 Å². The van der Waals surface area contributed by atoms with E-state index < -0.39 is 6.10 Å². The molecule has 0 amide bonds. The maximum Gasteiger partial charge on any atom is 0.140 e. The van der Waals surface area contributed by atoms with E-state index in [0.717, 1.165) is 51.9 Å². The third-order valence-corrected chi connectivity index (χ3v) is 4.89. The molecule has 0 saturated heterocycles. The maximum absolute atomic E-state index is 10.2. The van der Waals surface area contributed by atoms with Crippen LogP contribution in [0, 0.1) is 0 Å². The number of aromatic amines is 1. The lowest BCUT2D eigenvalue weighted by Gasteiger charge is -2.12. The quantitative estimate of drug-likeness (QED) is 0.423. The van der Waals surface area contributed by atoms with Gasteiger partial charge in [0.25, 0.3) is 0 Å². The van der Waals surface area contributed by atoms with Crippen LogP contribution in [-0.2, 0) is 6.54 Å².